The van der Waals surface area contributed by atoms with Gasteiger partial charge in [0.25, 0.3) is 0 Å². The number of pyridine rings is 2. The minimum atomic E-state index is -4.45. The van der Waals surface area contributed by atoms with Crippen molar-refractivity contribution in [1.29, 1.82) is 0 Å². The molecule has 3 aromatic heterocycles. The minimum Gasteiger partial charge on any atom is -0.310 e. The number of rotatable bonds is 6. The predicted octanol–water partition coefficient (Wildman–Crippen LogP) is 5.98. The number of nitrogens with zero attached hydrogens (tertiary/aromatic N) is 4. The van der Waals surface area contributed by atoms with Gasteiger partial charge in [0.15, 0.2) is 21.3 Å². The highest BCUT2D eigenvalue weighted by Crippen LogP contribution is 2.41. The molecular weight excluding hydrogens is 497 g/mol. The lowest BCUT2D eigenvalue weighted by Crippen LogP contribution is -2.09. The number of thioether (sulfide) groups is 1. The van der Waals surface area contributed by atoms with E-state index in [4.69, 9.17) is 0 Å². The molecule has 1 aliphatic rings. The van der Waals surface area contributed by atoms with Gasteiger partial charge < -0.3 is 4.57 Å². The minimum absolute atomic E-state index is 0.0204. The van der Waals surface area contributed by atoms with Gasteiger partial charge in [-0.05, 0) is 53.8 Å². The number of aryl methyl sites for hydroxylation is 1. The molecular formula is C24H21F3N4O2S2. The van der Waals surface area contributed by atoms with Gasteiger partial charge in [0.2, 0.25) is 0 Å². The lowest BCUT2D eigenvalue weighted by atomic mass is 10.0. The van der Waals surface area contributed by atoms with Crippen LogP contribution in [0.1, 0.15) is 31.2 Å². The van der Waals surface area contributed by atoms with Crippen LogP contribution in [0.4, 0.5) is 13.2 Å². The number of benzene rings is 1. The second-order valence-electron chi connectivity index (χ2n) is 8.43. The molecule has 1 aromatic carbocycles. The zero-order chi connectivity index (χ0) is 25.0. The molecule has 1 saturated carbocycles. The van der Waals surface area contributed by atoms with Crippen molar-refractivity contribution < 1.29 is 21.6 Å². The van der Waals surface area contributed by atoms with Gasteiger partial charge in [-0.2, -0.15) is 13.2 Å². The smallest absolute Gasteiger partial charge is 0.310 e. The third kappa shape index (κ3) is 4.79. The molecule has 3 heterocycles. The van der Waals surface area contributed by atoms with Gasteiger partial charge in [-0.25, -0.2) is 18.4 Å². The highest BCUT2D eigenvalue weighted by atomic mass is 32.2. The van der Waals surface area contributed by atoms with Gasteiger partial charge in [-0.1, -0.05) is 31.2 Å². The van der Waals surface area contributed by atoms with Crippen molar-refractivity contribution >= 4 is 32.8 Å². The van der Waals surface area contributed by atoms with E-state index < -0.39 is 15.3 Å². The fourth-order valence-electron chi connectivity index (χ4n) is 3.99. The first-order valence-electron chi connectivity index (χ1n) is 11.0. The van der Waals surface area contributed by atoms with Crippen LogP contribution in [-0.4, -0.2) is 39.2 Å². The van der Waals surface area contributed by atoms with Crippen molar-refractivity contribution in [3.8, 4) is 22.6 Å². The van der Waals surface area contributed by atoms with Crippen LogP contribution in [-0.2, 0) is 16.9 Å². The van der Waals surface area contributed by atoms with Crippen LogP contribution in [0.2, 0.25) is 0 Å². The van der Waals surface area contributed by atoms with E-state index in [1.165, 1.54) is 24.5 Å². The van der Waals surface area contributed by atoms with Gasteiger partial charge in [-0.15, -0.1) is 0 Å². The number of imidazole rings is 1. The molecule has 11 heteroatoms. The van der Waals surface area contributed by atoms with Crippen LogP contribution in [0.25, 0.3) is 33.8 Å². The Balaban J connectivity index is 1.61. The fourth-order valence-corrected chi connectivity index (χ4v) is 5.59. The summed E-state index contributed by atoms with van der Waals surface area (Å²) < 4.78 is 66.0. The average molecular weight is 519 g/mol. The number of sulfone groups is 1. The summed E-state index contributed by atoms with van der Waals surface area (Å²) >= 11 is -0.280. The standard InChI is InChI=1S/C24H21F3N4O2S2/c1-3-35(32,33)20-10-17(16-8-6-15(7-9-16)14-4-5-14)12-28-21(20)23-30-19-11-18(34-24(25,26)27)13-29-22(19)31(23)2/h6-14H,3-5H2,1-2H3. The third-order valence-corrected chi connectivity index (χ3v) is 8.42. The third-order valence-electron chi connectivity index (χ3n) is 5.99. The molecule has 6 nitrogen and oxygen atoms in total. The van der Waals surface area contributed by atoms with E-state index >= 15 is 0 Å². The molecule has 0 aliphatic heterocycles. The second-order valence-corrected chi connectivity index (χ2v) is 11.8. The van der Waals surface area contributed by atoms with E-state index in [0.717, 1.165) is 11.8 Å². The number of aromatic nitrogens is 4. The van der Waals surface area contributed by atoms with Crippen LogP contribution in [0.5, 0.6) is 0 Å². The van der Waals surface area contributed by atoms with Crippen molar-refractivity contribution in [3.05, 3.63) is 54.4 Å². The SMILES string of the molecule is CCS(=O)(=O)c1cc(-c2ccc(C3CC3)cc2)cnc1-c1nc2cc(SC(F)(F)F)cnc2n1C. The molecule has 0 radical (unpaired) electrons. The highest BCUT2D eigenvalue weighted by Gasteiger charge is 2.30. The number of fused-ring (bicyclic) bond motifs is 1. The summed E-state index contributed by atoms with van der Waals surface area (Å²) in [4.78, 5) is 12.9. The molecule has 0 saturated heterocycles. The molecule has 0 N–H and O–H groups in total. The van der Waals surface area contributed by atoms with E-state index in [1.807, 2.05) is 12.1 Å². The quantitative estimate of drug-likeness (QED) is 0.292. The first-order chi connectivity index (χ1) is 16.6. The number of hydrogen-bond donors (Lipinski definition) is 0. The first kappa shape index (κ1) is 23.8. The Kier molecular flexibility index (Phi) is 5.87. The summed E-state index contributed by atoms with van der Waals surface area (Å²) in [6, 6.07) is 10.9. The van der Waals surface area contributed by atoms with Crippen molar-refractivity contribution in [1.82, 2.24) is 19.5 Å². The normalized spacial score (nSPS) is 14.5. The summed E-state index contributed by atoms with van der Waals surface area (Å²) in [6.45, 7) is 1.55. The zero-order valence-corrected chi connectivity index (χ0v) is 20.5. The maximum absolute atomic E-state index is 13.0. The number of halogens is 3. The molecule has 0 bridgehead atoms. The Morgan fingerprint density at radius 2 is 1.77 bits per heavy atom. The zero-order valence-electron chi connectivity index (χ0n) is 18.9. The highest BCUT2D eigenvalue weighted by molar-refractivity contribution is 8.00. The summed E-state index contributed by atoms with van der Waals surface area (Å²) in [5.74, 6) is 0.687. The first-order valence-corrected chi connectivity index (χ1v) is 13.4. The number of hydrogen-bond acceptors (Lipinski definition) is 6. The maximum atomic E-state index is 13.0. The fraction of sp³-hybridized carbons (Fsp3) is 0.292. The number of alkyl halides is 3. The van der Waals surface area contributed by atoms with Crippen LogP contribution in [0.3, 0.4) is 0 Å². The molecule has 182 valence electrons. The Morgan fingerprint density at radius 3 is 2.40 bits per heavy atom. The van der Waals surface area contributed by atoms with E-state index in [0.29, 0.717) is 17.1 Å². The van der Waals surface area contributed by atoms with Crippen molar-refractivity contribution in [2.75, 3.05) is 5.75 Å². The molecule has 0 spiro atoms. The van der Waals surface area contributed by atoms with Gasteiger partial charge in [0, 0.05) is 29.9 Å². The summed E-state index contributed by atoms with van der Waals surface area (Å²) in [7, 11) is -2.07. The summed E-state index contributed by atoms with van der Waals surface area (Å²) in [5.41, 5.74) is -0.994. The van der Waals surface area contributed by atoms with Crippen molar-refractivity contribution in [3.63, 3.8) is 0 Å². The van der Waals surface area contributed by atoms with Crippen LogP contribution in [0, 0.1) is 0 Å². The van der Waals surface area contributed by atoms with Crippen LogP contribution < -0.4 is 0 Å². The average Bonchev–Trinajstić information content (AvgIpc) is 3.62. The monoisotopic (exact) mass is 518 g/mol. The molecule has 0 amide bonds. The summed E-state index contributed by atoms with van der Waals surface area (Å²) in [6.07, 6.45) is 5.10. The van der Waals surface area contributed by atoms with Gasteiger partial charge in [0.1, 0.15) is 11.2 Å². The molecule has 35 heavy (non-hydrogen) atoms. The predicted molar refractivity (Wildman–Crippen MR) is 129 cm³/mol. The Hall–Kier alpha value is -2.92. The molecule has 0 unspecified atom stereocenters. The lowest BCUT2D eigenvalue weighted by Gasteiger charge is -2.11. The molecule has 1 fully saturated rings. The van der Waals surface area contributed by atoms with E-state index in [1.54, 1.807) is 30.8 Å². The molecule has 5 rings (SSSR count). The Labute approximate surface area is 204 Å². The van der Waals surface area contributed by atoms with Crippen molar-refractivity contribution in [2.24, 2.45) is 7.05 Å². The van der Waals surface area contributed by atoms with Crippen LogP contribution >= 0.6 is 11.8 Å². The Bertz CT molecular complexity index is 1530. The van der Waals surface area contributed by atoms with Gasteiger partial charge >= 0.3 is 5.51 Å². The molecule has 0 atom stereocenters. The van der Waals surface area contributed by atoms with Crippen molar-refractivity contribution in [2.45, 2.75) is 41.0 Å². The van der Waals surface area contributed by atoms with Gasteiger partial charge in [-0.3, -0.25) is 4.98 Å². The molecule has 1 aliphatic carbocycles. The largest absolute Gasteiger partial charge is 0.446 e. The Morgan fingerprint density at radius 1 is 1.06 bits per heavy atom. The topological polar surface area (TPSA) is 77.7 Å². The van der Waals surface area contributed by atoms with E-state index in [9.17, 15) is 21.6 Å². The van der Waals surface area contributed by atoms with E-state index in [-0.39, 0.29) is 44.3 Å². The second kappa shape index (κ2) is 8.63. The van der Waals surface area contributed by atoms with Crippen LogP contribution in [0.15, 0.2) is 58.6 Å². The van der Waals surface area contributed by atoms with E-state index in [2.05, 4.69) is 27.1 Å². The maximum Gasteiger partial charge on any atom is 0.446 e. The lowest BCUT2D eigenvalue weighted by molar-refractivity contribution is -0.0328. The van der Waals surface area contributed by atoms with Gasteiger partial charge in [0.05, 0.1) is 10.6 Å². The summed E-state index contributed by atoms with van der Waals surface area (Å²) in [5, 5.41) is 0. The molecule has 4 aromatic rings.